The average Bonchev–Trinajstić information content (AvgIpc) is 2.70. The van der Waals surface area contributed by atoms with Crippen LogP contribution in [0.3, 0.4) is 0 Å². The van der Waals surface area contributed by atoms with Crippen molar-refractivity contribution in [3.05, 3.63) is 30.1 Å². The van der Waals surface area contributed by atoms with Crippen molar-refractivity contribution in [2.24, 2.45) is 5.73 Å². The highest BCUT2D eigenvalue weighted by Crippen LogP contribution is 2.17. The summed E-state index contributed by atoms with van der Waals surface area (Å²) in [5.74, 6) is 0.342. The molecule has 0 radical (unpaired) electrons. The van der Waals surface area contributed by atoms with Gasteiger partial charge in [-0.15, -0.1) is 0 Å². The van der Waals surface area contributed by atoms with Gasteiger partial charge in [0, 0.05) is 6.54 Å². The van der Waals surface area contributed by atoms with Crippen LogP contribution in [-0.2, 0) is 0 Å². The summed E-state index contributed by atoms with van der Waals surface area (Å²) in [5.41, 5.74) is 6.84. The number of imidazole rings is 1. The fourth-order valence-electron chi connectivity index (χ4n) is 1.42. The van der Waals surface area contributed by atoms with Crippen LogP contribution in [0.25, 0.3) is 11.0 Å². The number of nitrogens with one attached hydrogen (secondary N) is 1. The quantitative estimate of drug-likeness (QED) is 0.566. The lowest BCUT2D eigenvalue weighted by Crippen LogP contribution is -2.27. The number of aromatic amines is 1. The number of aliphatic hydroxyl groups excluding tert-OH is 2. The van der Waals surface area contributed by atoms with Crippen LogP contribution in [0, 0.1) is 0 Å². The minimum absolute atomic E-state index is 0.00177. The second kappa shape index (κ2) is 3.98. The van der Waals surface area contributed by atoms with Crippen molar-refractivity contribution >= 4 is 11.0 Å². The summed E-state index contributed by atoms with van der Waals surface area (Å²) in [6, 6.07) is 7.42. The Bertz CT molecular complexity index is 422. The molecule has 2 rings (SSSR count). The van der Waals surface area contributed by atoms with Gasteiger partial charge in [0.2, 0.25) is 0 Å². The molecule has 0 fully saturated rings. The molecule has 0 aliphatic carbocycles. The summed E-state index contributed by atoms with van der Waals surface area (Å²) in [5, 5.41) is 19.0. The Morgan fingerprint density at radius 1 is 1.33 bits per heavy atom. The Hall–Kier alpha value is -1.43. The van der Waals surface area contributed by atoms with E-state index in [2.05, 4.69) is 9.97 Å². The number of rotatable bonds is 3. The maximum atomic E-state index is 9.67. The summed E-state index contributed by atoms with van der Waals surface area (Å²) in [6.45, 7) is -0.00177. The van der Waals surface area contributed by atoms with Gasteiger partial charge < -0.3 is 20.9 Å². The number of nitrogens with zero attached hydrogens (tertiary/aromatic N) is 1. The lowest BCUT2D eigenvalue weighted by molar-refractivity contribution is 0.0196. The van der Waals surface area contributed by atoms with Gasteiger partial charge in [-0.25, -0.2) is 4.98 Å². The predicted octanol–water partition coefficient (Wildman–Crippen LogP) is -0.0841. The summed E-state index contributed by atoms with van der Waals surface area (Å²) < 4.78 is 0. The molecule has 2 atom stereocenters. The largest absolute Gasteiger partial charge is 0.389 e. The summed E-state index contributed by atoms with van der Waals surface area (Å²) >= 11 is 0. The number of hydrogen-bond acceptors (Lipinski definition) is 4. The van der Waals surface area contributed by atoms with Crippen LogP contribution in [-0.4, -0.2) is 32.8 Å². The van der Waals surface area contributed by atoms with E-state index in [9.17, 15) is 10.2 Å². The lowest BCUT2D eigenvalue weighted by Gasteiger charge is -2.12. The molecule has 1 heterocycles. The minimum Gasteiger partial charge on any atom is -0.389 e. The summed E-state index contributed by atoms with van der Waals surface area (Å²) in [4.78, 5) is 7.09. The molecule has 5 heteroatoms. The number of fused-ring (bicyclic) bond motifs is 1. The van der Waals surface area contributed by atoms with E-state index in [0.29, 0.717) is 5.82 Å². The first-order valence-corrected chi connectivity index (χ1v) is 4.73. The highest BCUT2D eigenvalue weighted by atomic mass is 16.3. The molecule has 5 N–H and O–H groups in total. The molecule has 2 aromatic rings. The Morgan fingerprint density at radius 2 is 2.07 bits per heavy atom. The molecule has 2 unspecified atom stereocenters. The molecular formula is C10H13N3O2. The van der Waals surface area contributed by atoms with E-state index >= 15 is 0 Å². The van der Waals surface area contributed by atoms with Crippen LogP contribution in [0.15, 0.2) is 24.3 Å². The monoisotopic (exact) mass is 207 g/mol. The maximum absolute atomic E-state index is 9.67. The number of benzene rings is 1. The molecule has 0 aliphatic rings. The third-order valence-corrected chi connectivity index (χ3v) is 2.29. The van der Waals surface area contributed by atoms with Crippen molar-refractivity contribution in [1.29, 1.82) is 0 Å². The van der Waals surface area contributed by atoms with Gasteiger partial charge in [-0.1, -0.05) is 12.1 Å². The van der Waals surface area contributed by atoms with Crippen molar-refractivity contribution in [2.45, 2.75) is 12.2 Å². The van der Waals surface area contributed by atoms with Crippen molar-refractivity contribution in [3.8, 4) is 0 Å². The number of para-hydroxylation sites is 2. The lowest BCUT2D eigenvalue weighted by atomic mass is 10.2. The second-order valence-corrected chi connectivity index (χ2v) is 3.39. The molecule has 5 nitrogen and oxygen atoms in total. The van der Waals surface area contributed by atoms with E-state index in [4.69, 9.17) is 5.73 Å². The van der Waals surface area contributed by atoms with Crippen LogP contribution in [0.2, 0.25) is 0 Å². The van der Waals surface area contributed by atoms with Gasteiger partial charge in [0.15, 0.2) is 0 Å². The third kappa shape index (κ3) is 1.85. The van der Waals surface area contributed by atoms with Crippen molar-refractivity contribution in [1.82, 2.24) is 9.97 Å². The van der Waals surface area contributed by atoms with Crippen molar-refractivity contribution in [2.75, 3.05) is 6.54 Å². The first-order valence-electron chi connectivity index (χ1n) is 4.73. The smallest absolute Gasteiger partial charge is 0.139 e. The van der Waals surface area contributed by atoms with Crippen LogP contribution in [0.5, 0.6) is 0 Å². The molecule has 0 amide bonds. The number of aromatic nitrogens is 2. The maximum Gasteiger partial charge on any atom is 0.139 e. The fourth-order valence-corrected chi connectivity index (χ4v) is 1.42. The number of hydrogen-bond donors (Lipinski definition) is 4. The molecule has 0 aliphatic heterocycles. The van der Waals surface area contributed by atoms with E-state index in [1.165, 1.54) is 0 Å². The topological polar surface area (TPSA) is 95.2 Å². The highest BCUT2D eigenvalue weighted by molar-refractivity contribution is 5.74. The van der Waals surface area contributed by atoms with E-state index < -0.39 is 12.2 Å². The molecular weight excluding hydrogens is 194 g/mol. The fraction of sp³-hybridized carbons (Fsp3) is 0.300. The SMILES string of the molecule is NCC(O)C(O)c1nc2ccccc2[nH]1. The Labute approximate surface area is 86.6 Å². The normalized spacial score (nSPS) is 15.4. The molecule has 0 saturated heterocycles. The van der Waals surface area contributed by atoms with Gasteiger partial charge >= 0.3 is 0 Å². The molecule has 15 heavy (non-hydrogen) atoms. The zero-order valence-corrected chi connectivity index (χ0v) is 8.09. The van der Waals surface area contributed by atoms with Crippen LogP contribution in [0.4, 0.5) is 0 Å². The zero-order chi connectivity index (χ0) is 10.8. The second-order valence-electron chi connectivity index (χ2n) is 3.39. The van der Waals surface area contributed by atoms with Gasteiger partial charge in [-0.3, -0.25) is 0 Å². The molecule has 1 aromatic carbocycles. The Balaban J connectivity index is 2.36. The van der Waals surface area contributed by atoms with E-state index in [1.54, 1.807) is 0 Å². The van der Waals surface area contributed by atoms with Gasteiger partial charge in [-0.2, -0.15) is 0 Å². The average molecular weight is 207 g/mol. The molecule has 0 spiro atoms. The van der Waals surface area contributed by atoms with Crippen molar-refractivity contribution in [3.63, 3.8) is 0 Å². The predicted molar refractivity (Wildman–Crippen MR) is 56.1 cm³/mol. The number of nitrogens with two attached hydrogens (primary N) is 1. The van der Waals surface area contributed by atoms with Gasteiger partial charge in [0.25, 0.3) is 0 Å². The third-order valence-electron chi connectivity index (χ3n) is 2.29. The molecule has 0 saturated carbocycles. The van der Waals surface area contributed by atoms with Gasteiger partial charge in [0.05, 0.1) is 17.1 Å². The van der Waals surface area contributed by atoms with Crippen LogP contribution >= 0.6 is 0 Å². The molecule has 80 valence electrons. The summed E-state index contributed by atoms with van der Waals surface area (Å²) in [6.07, 6.45) is -2.06. The van der Waals surface area contributed by atoms with Gasteiger partial charge in [0.1, 0.15) is 11.9 Å². The van der Waals surface area contributed by atoms with Crippen LogP contribution < -0.4 is 5.73 Å². The van der Waals surface area contributed by atoms with Crippen LogP contribution in [0.1, 0.15) is 11.9 Å². The first kappa shape index (κ1) is 10.1. The van der Waals surface area contributed by atoms with E-state index in [1.807, 2.05) is 24.3 Å². The first-order chi connectivity index (χ1) is 7.22. The number of H-pyrrole nitrogens is 1. The van der Waals surface area contributed by atoms with E-state index in [0.717, 1.165) is 11.0 Å². The van der Waals surface area contributed by atoms with E-state index in [-0.39, 0.29) is 6.54 Å². The van der Waals surface area contributed by atoms with Gasteiger partial charge in [-0.05, 0) is 12.1 Å². The standard InChI is InChI=1S/C10H13N3O2/c11-5-8(14)9(15)10-12-6-3-1-2-4-7(6)13-10/h1-4,8-9,14-15H,5,11H2,(H,12,13). The Kier molecular flexibility index (Phi) is 2.68. The van der Waals surface area contributed by atoms with Crippen molar-refractivity contribution < 1.29 is 10.2 Å². The molecule has 1 aromatic heterocycles. The zero-order valence-electron chi connectivity index (χ0n) is 8.09. The summed E-state index contributed by atoms with van der Waals surface area (Å²) in [7, 11) is 0. The molecule has 0 bridgehead atoms. The Morgan fingerprint density at radius 3 is 2.73 bits per heavy atom. The minimum atomic E-state index is -1.07. The highest BCUT2D eigenvalue weighted by Gasteiger charge is 2.19. The number of aliphatic hydroxyl groups is 2.